The summed E-state index contributed by atoms with van der Waals surface area (Å²) >= 11 is 0. The molecule has 9 nitrogen and oxygen atoms in total. The number of para-hydroxylation sites is 1. The first kappa shape index (κ1) is 21.2. The highest BCUT2D eigenvalue weighted by molar-refractivity contribution is 6.16. The molecule has 168 valence electrons. The number of nitrogens with one attached hydrogen (secondary N) is 2. The smallest absolute Gasteiger partial charge is 0.250 e. The van der Waals surface area contributed by atoms with Gasteiger partial charge in [-0.1, -0.05) is 24.8 Å². The molecule has 0 saturated heterocycles. The lowest BCUT2D eigenvalue weighted by Gasteiger charge is -2.32. The molecule has 34 heavy (non-hydrogen) atoms. The number of aliphatic imine (C=N–C) groups is 1. The van der Waals surface area contributed by atoms with Gasteiger partial charge in [0, 0.05) is 47.7 Å². The molecule has 1 aliphatic heterocycles. The first-order chi connectivity index (χ1) is 16.5. The first-order valence-corrected chi connectivity index (χ1v) is 10.7. The van der Waals surface area contributed by atoms with E-state index in [1.165, 1.54) is 12.4 Å². The summed E-state index contributed by atoms with van der Waals surface area (Å²) in [5, 5.41) is 9.65. The van der Waals surface area contributed by atoms with Gasteiger partial charge in [-0.3, -0.25) is 10.2 Å². The Bertz CT molecular complexity index is 1450. The Kier molecular flexibility index (Phi) is 5.43. The molecule has 9 heteroatoms. The maximum atomic E-state index is 12.5. The molecule has 0 bridgehead atoms. The van der Waals surface area contributed by atoms with Crippen LogP contribution < -0.4 is 10.6 Å². The number of amides is 1. The number of benzene rings is 1. The van der Waals surface area contributed by atoms with Crippen LogP contribution in [0, 0.1) is 11.3 Å². The molecule has 4 aromatic rings. The molecule has 0 fully saturated rings. The van der Waals surface area contributed by atoms with Crippen molar-refractivity contribution < 1.29 is 4.79 Å². The average Bonchev–Trinajstić information content (AvgIpc) is 3.34. The van der Waals surface area contributed by atoms with Gasteiger partial charge in [0.25, 0.3) is 0 Å². The normalized spacial score (nSPS) is 15.4. The summed E-state index contributed by atoms with van der Waals surface area (Å²) in [5.41, 5.74) is 9.89. The van der Waals surface area contributed by atoms with Crippen LogP contribution in [0.2, 0.25) is 0 Å². The Morgan fingerprint density at radius 3 is 2.97 bits per heavy atom. The Morgan fingerprint density at radius 1 is 1.26 bits per heavy atom. The predicted octanol–water partition coefficient (Wildman–Crippen LogP) is 3.45. The van der Waals surface area contributed by atoms with E-state index in [4.69, 9.17) is 11.1 Å². The van der Waals surface area contributed by atoms with Crippen molar-refractivity contribution in [2.45, 2.75) is 6.42 Å². The van der Waals surface area contributed by atoms with E-state index in [2.05, 4.69) is 31.5 Å². The number of pyridine rings is 1. The number of fused-ring (bicyclic) bond motifs is 2. The Balaban J connectivity index is 1.47. The van der Waals surface area contributed by atoms with Crippen LogP contribution in [0.15, 0.2) is 72.8 Å². The van der Waals surface area contributed by atoms with Crippen LogP contribution in [-0.2, 0) is 11.2 Å². The number of rotatable bonds is 5. The number of hydrogen-bond donors (Lipinski definition) is 3. The average molecular weight is 451 g/mol. The number of aromatic amines is 1. The summed E-state index contributed by atoms with van der Waals surface area (Å²) in [6.45, 7) is 4.09. The fourth-order valence-corrected chi connectivity index (χ4v) is 4.17. The van der Waals surface area contributed by atoms with Gasteiger partial charge in [-0.25, -0.2) is 19.9 Å². The molecule has 3 aromatic heterocycles. The van der Waals surface area contributed by atoms with Crippen LogP contribution in [0.4, 0.5) is 17.3 Å². The largest absolute Gasteiger partial charge is 0.383 e. The molecular formula is C25H22N8O. The van der Waals surface area contributed by atoms with Crippen molar-refractivity contribution in [1.29, 1.82) is 5.41 Å². The van der Waals surface area contributed by atoms with Gasteiger partial charge in [0.2, 0.25) is 5.91 Å². The summed E-state index contributed by atoms with van der Waals surface area (Å²) in [4.78, 5) is 34.5. The molecule has 4 heterocycles. The SMILES string of the molecule is C=CC(=O)N1CC(C=Nc2ncnc(N)c2C(=N)c2cnc3[nH]ccc3c2)Cc2ccccc21. The van der Waals surface area contributed by atoms with Crippen LogP contribution in [0.5, 0.6) is 0 Å². The first-order valence-electron chi connectivity index (χ1n) is 10.7. The lowest BCUT2D eigenvalue weighted by atomic mass is 9.93. The Morgan fingerprint density at radius 2 is 2.12 bits per heavy atom. The molecule has 5 rings (SSSR count). The van der Waals surface area contributed by atoms with E-state index < -0.39 is 0 Å². The van der Waals surface area contributed by atoms with Crippen LogP contribution >= 0.6 is 0 Å². The Labute approximate surface area is 195 Å². The van der Waals surface area contributed by atoms with Gasteiger partial charge in [-0.05, 0) is 36.3 Å². The van der Waals surface area contributed by atoms with Gasteiger partial charge in [0.05, 0.1) is 11.3 Å². The highest BCUT2D eigenvalue weighted by Crippen LogP contribution is 2.30. The summed E-state index contributed by atoms with van der Waals surface area (Å²) in [5.74, 6) is 0.257. The fraction of sp³-hybridized carbons (Fsp3) is 0.120. The monoisotopic (exact) mass is 450 g/mol. The molecule has 1 unspecified atom stereocenters. The van der Waals surface area contributed by atoms with E-state index in [9.17, 15) is 4.79 Å². The molecule has 0 spiro atoms. The zero-order valence-corrected chi connectivity index (χ0v) is 18.3. The third kappa shape index (κ3) is 3.83. The summed E-state index contributed by atoms with van der Waals surface area (Å²) in [6.07, 6.45) is 8.54. The number of nitrogens with two attached hydrogens (primary N) is 1. The zero-order chi connectivity index (χ0) is 23.7. The van der Waals surface area contributed by atoms with Crippen molar-refractivity contribution in [3.8, 4) is 0 Å². The van der Waals surface area contributed by atoms with Gasteiger partial charge < -0.3 is 15.6 Å². The number of carbonyl (C=O) groups is 1. The molecule has 1 aliphatic rings. The van der Waals surface area contributed by atoms with Crippen molar-refractivity contribution in [1.82, 2.24) is 19.9 Å². The van der Waals surface area contributed by atoms with Gasteiger partial charge in [-0.15, -0.1) is 0 Å². The maximum absolute atomic E-state index is 12.5. The standard InChI is InChI=1S/C25H22N8O/c1-2-20(34)33-13-15(9-16-5-3-4-6-19(16)33)11-29-25-21(23(27)31-14-32-25)22(26)18-10-17-7-8-28-24(17)30-12-18/h2-8,10-12,14-15,26H,1,9,13H2,(H,28,30)(H2,27,31,32). The summed E-state index contributed by atoms with van der Waals surface area (Å²) in [6, 6.07) is 11.6. The minimum atomic E-state index is -0.160. The molecule has 4 N–H and O–H groups in total. The summed E-state index contributed by atoms with van der Waals surface area (Å²) in [7, 11) is 0. The molecule has 0 radical (unpaired) electrons. The van der Waals surface area contributed by atoms with Crippen molar-refractivity contribution >= 4 is 46.2 Å². The molecule has 0 saturated carbocycles. The van der Waals surface area contributed by atoms with Gasteiger partial charge in [0.1, 0.15) is 17.8 Å². The van der Waals surface area contributed by atoms with E-state index in [-0.39, 0.29) is 23.4 Å². The molecule has 1 atom stereocenters. The molecular weight excluding hydrogens is 428 g/mol. The van der Waals surface area contributed by atoms with Crippen molar-refractivity contribution in [3.05, 3.63) is 84.5 Å². The second-order valence-corrected chi connectivity index (χ2v) is 8.00. The van der Waals surface area contributed by atoms with E-state index in [0.29, 0.717) is 23.5 Å². The Hall–Kier alpha value is -4.66. The highest BCUT2D eigenvalue weighted by Gasteiger charge is 2.26. The quantitative estimate of drug-likeness (QED) is 0.316. The van der Waals surface area contributed by atoms with Crippen LogP contribution in [0.25, 0.3) is 11.0 Å². The third-order valence-corrected chi connectivity index (χ3v) is 5.83. The molecule has 1 aromatic carbocycles. The third-order valence-electron chi connectivity index (χ3n) is 5.83. The number of carbonyl (C=O) groups excluding carboxylic acids is 1. The lowest BCUT2D eigenvalue weighted by Crippen LogP contribution is -2.39. The van der Waals surface area contributed by atoms with Gasteiger partial charge in [-0.2, -0.15) is 0 Å². The summed E-state index contributed by atoms with van der Waals surface area (Å²) < 4.78 is 0. The second-order valence-electron chi connectivity index (χ2n) is 8.00. The van der Waals surface area contributed by atoms with Crippen LogP contribution in [0.1, 0.15) is 16.7 Å². The maximum Gasteiger partial charge on any atom is 0.250 e. The zero-order valence-electron chi connectivity index (χ0n) is 18.3. The predicted molar refractivity (Wildman–Crippen MR) is 133 cm³/mol. The van der Waals surface area contributed by atoms with Crippen LogP contribution in [-0.4, -0.2) is 44.3 Å². The number of nitrogen functional groups attached to an aromatic ring is 1. The van der Waals surface area contributed by atoms with E-state index in [0.717, 1.165) is 28.7 Å². The highest BCUT2D eigenvalue weighted by atomic mass is 16.2. The molecule has 1 amide bonds. The van der Waals surface area contributed by atoms with Gasteiger partial charge in [0.15, 0.2) is 5.82 Å². The van der Waals surface area contributed by atoms with Gasteiger partial charge >= 0.3 is 0 Å². The van der Waals surface area contributed by atoms with Crippen LogP contribution in [0.3, 0.4) is 0 Å². The topological polar surface area (TPSA) is 137 Å². The van der Waals surface area contributed by atoms with E-state index in [1.54, 1.807) is 23.5 Å². The number of anilines is 2. The van der Waals surface area contributed by atoms with Crippen molar-refractivity contribution in [2.24, 2.45) is 10.9 Å². The number of H-pyrrole nitrogens is 1. The fourth-order valence-electron chi connectivity index (χ4n) is 4.17. The van der Waals surface area contributed by atoms with E-state index in [1.807, 2.05) is 36.4 Å². The minimum Gasteiger partial charge on any atom is -0.383 e. The number of nitrogens with zero attached hydrogens (tertiary/aromatic N) is 5. The van der Waals surface area contributed by atoms with Crippen molar-refractivity contribution in [2.75, 3.05) is 17.2 Å². The molecule has 0 aliphatic carbocycles. The van der Waals surface area contributed by atoms with E-state index >= 15 is 0 Å². The lowest BCUT2D eigenvalue weighted by molar-refractivity contribution is -0.114. The van der Waals surface area contributed by atoms with Crippen molar-refractivity contribution in [3.63, 3.8) is 0 Å². The number of aromatic nitrogens is 4. The minimum absolute atomic E-state index is 0.0464. The number of hydrogen-bond acceptors (Lipinski definition) is 7. The second kappa shape index (κ2) is 8.70.